The maximum Gasteiger partial charge on any atom is 0.354 e. The zero-order valence-electron chi connectivity index (χ0n) is 7.03. The number of pyridine rings is 1. The van der Waals surface area contributed by atoms with Gasteiger partial charge in [-0.3, -0.25) is 0 Å². The van der Waals surface area contributed by atoms with Gasteiger partial charge in [-0.05, 0) is 25.0 Å². The molecule has 3 N–H and O–H groups in total. The van der Waals surface area contributed by atoms with Crippen molar-refractivity contribution in [2.45, 2.75) is 18.4 Å². The summed E-state index contributed by atoms with van der Waals surface area (Å²) in [6, 6.07) is 4.93. The lowest BCUT2D eigenvalue weighted by molar-refractivity contribution is 0.0690. The van der Waals surface area contributed by atoms with Crippen molar-refractivity contribution in [3.05, 3.63) is 29.6 Å². The zero-order valence-corrected chi connectivity index (χ0v) is 7.03. The molecule has 0 unspecified atom stereocenters. The first-order chi connectivity index (χ1) is 6.12. The number of aromatic carboxylic acids is 1. The monoisotopic (exact) mass is 178 g/mol. The Bertz CT molecular complexity index is 358. The van der Waals surface area contributed by atoms with Gasteiger partial charge in [0.2, 0.25) is 0 Å². The van der Waals surface area contributed by atoms with Gasteiger partial charge in [-0.25, -0.2) is 9.78 Å². The van der Waals surface area contributed by atoms with E-state index in [4.69, 9.17) is 10.8 Å². The summed E-state index contributed by atoms with van der Waals surface area (Å²) in [6.45, 7) is 0. The molecule has 4 heteroatoms. The molecule has 0 radical (unpaired) electrons. The van der Waals surface area contributed by atoms with Gasteiger partial charge in [0, 0.05) is 0 Å². The van der Waals surface area contributed by atoms with E-state index in [0.717, 1.165) is 12.8 Å². The number of nitrogens with zero attached hydrogens (tertiary/aromatic N) is 1. The molecule has 0 aliphatic heterocycles. The van der Waals surface area contributed by atoms with Crippen LogP contribution >= 0.6 is 0 Å². The predicted molar refractivity (Wildman–Crippen MR) is 46.3 cm³/mol. The van der Waals surface area contributed by atoms with Crippen molar-refractivity contribution in [2.75, 3.05) is 0 Å². The first kappa shape index (κ1) is 8.19. The summed E-state index contributed by atoms with van der Waals surface area (Å²) >= 11 is 0. The van der Waals surface area contributed by atoms with Crippen LogP contribution in [0.3, 0.4) is 0 Å². The minimum absolute atomic E-state index is 0.0641. The normalized spacial score (nSPS) is 18.2. The lowest BCUT2D eigenvalue weighted by Crippen LogP contribution is -2.21. The van der Waals surface area contributed by atoms with Crippen molar-refractivity contribution in [3.8, 4) is 0 Å². The molecule has 1 heterocycles. The molecule has 68 valence electrons. The van der Waals surface area contributed by atoms with Crippen molar-refractivity contribution in [3.63, 3.8) is 0 Å². The Morgan fingerprint density at radius 1 is 1.54 bits per heavy atom. The number of hydrogen-bond donors (Lipinski definition) is 2. The van der Waals surface area contributed by atoms with Gasteiger partial charge in [0.05, 0.1) is 11.2 Å². The van der Waals surface area contributed by atoms with Gasteiger partial charge in [-0.15, -0.1) is 0 Å². The van der Waals surface area contributed by atoms with Gasteiger partial charge in [0.15, 0.2) is 0 Å². The molecule has 0 amide bonds. The summed E-state index contributed by atoms with van der Waals surface area (Å²) in [4.78, 5) is 14.6. The quantitative estimate of drug-likeness (QED) is 0.699. The first-order valence-electron chi connectivity index (χ1n) is 4.11. The van der Waals surface area contributed by atoms with Crippen LogP contribution in [0.5, 0.6) is 0 Å². The fraction of sp³-hybridized carbons (Fsp3) is 0.333. The summed E-state index contributed by atoms with van der Waals surface area (Å²) in [7, 11) is 0. The van der Waals surface area contributed by atoms with Crippen LogP contribution in [-0.4, -0.2) is 16.1 Å². The van der Waals surface area contributed by atoms with Crippen LogP contribution < -0.4 is 5.73 Å². The highest BCUT2D eigenvalue weighted by atomic mass is 16.4. The standard InChI is InChI=1S/C9H10N2O2/c10-9(4-5-9)7-3-1-2-6(11-7)8(12)13/h1-3H,4-5,10H2,(H,12,13). The van der Waals surface area contributed by atoms with Crippen molar-refractivity contribution in [1.82, 2.24) is 4.98 Å². The van der Waals surface area contributed by atoms with E-state index in [0.29, 0.717) is 5.69 Å². The van der Waals surface area contributed by atoms with Crippen LogP contribution in [0, 0.1) is 0 Å². The van der Waals surface area contributed by atoms with E-state index < -0.39 is 5.97 Å². The lowest BCUT2D eigenvalue weighted by Gasteiger charge is -2.07. The van der Waals surface area contributed by atoms with Gasteiger partial charge in [-0.1, -0.05) is 6.07 Å². The number of hydrogen-bond acceptors (Lipinski definition) is 3. The second-order valence-electron chi connectivity index (χ2n) is 3.37. The molecular formula is C9H10N2O2. The summed E-state index contributed by atoms with van der Waals surface area (Å²) in [5, 5.41) is 8.69. The number of rotatable bonds is 2. The third-order valence-corrected chi connectivity index (χ3v) is 2.27. The molecule has 1 aromatic heterocycles. The molecular weight excluding hydrogens is 168 g/mol. The molecule has 1 aliphatic carbocycles. The number of aromatic nitrogens is 1. The highest BCUT2D eigenvalue weighted by Gasteiger charge is 2.41. The summed E-state index contributed by atoms with van der Waals surface area (Å²) in [6.07, 6.45) is 1.78. The number of nitrogens with two attached hydrogens (primary N) is 1. The highest BCUT2D eigenvalue weighted by Crippen LogP contribution is 2.41. The molecule has 0 saturated heterocycles. The van der Waals surface area contributed by atoms with Crippen LogP contribution in [0.15, 0.2) is 18.2 Å². The van der Waals surface area contributed by atoms with E-state index in [2.05, 4.69) is 4.98 Å². The first-order valence-corrected chi connectivity index (χ1v) is 4.11. The summed E-state index contributed by atoms with van der Waals surface area (Å²) in [5.41, 5.74) is 6.28. The third-order valence-electron chi connectivity index (χ3n) is 2.27. The van der Waals surface area contributed by atoms with Gasteiger partial charge in [-0.2, -0.15) is 0 Å². The molecule has 2 rings (SSSR count). The van der Waals surface area contributed by atoms with E-state index >= 15 is 0 Å². The zero-order chi connectivity index (χ0) is 9.47. The van der Waals surface area contributed by atoms with Gasteiger partial charge < -0.3 is 10.8 Å². The SMILES string of the molecule is NC1(c2cccc(C(=O)O)n2)CC1. The fourth-order valence-electron chi connectivity index (χ4n) is 1.22. The van der Waals surface area contributed by atoms with E-state index in [9.17, 15) is 4.79 Å². The van der Waals surface area contributed by atoms with Crippen molar-refractivity contribution < 1.29 is 9.90 Å². The molecule has 1 aromatic rings. The average Bonchev–Trinajstić information content (AvgIpc) is 2.85. The van der Waals surface area contributed by atoms with Crippen molar-refractivity contribution >= 4 is 5.97 Å². The predicted octanol–water partition coefficient (Wildman–Crippen LogP) is 0.728. The molecule has 0 atom stereocenters. The number of carboxylic acids is 1. The molecule has 13 heavy (non-hydrogen) atoms. The lowest BCUT2D eigenvalue weighted by atomic mass is 10.1. The Morgan fingerprint density at radius 2 is 2.23 bits per heavy atom. The second-order valence-corrected chi connectivity index (χ2v) is 3.37. The van der Waals surface area contributed by atoms with Crippen LogP contribution in [0.25, 0.3) is 0 Å². The maximum absolute atomic E-state index is 10.6. The molecule has 1 aliphatic rings. The Kier molecular flexibility index (Phi) is 1.60. The molecule has 0 bridgehead atoms. The Hall–Kier alpha value is -1.42. The van der Waals surface area contributed by atoms with Gasteiger partial charge in [0.1, 0.15) is 5.69 Å². The number of carboxylic acid groups (broad SMARTS) is 1. The van der Waals surface area contributed by atoms with E-state index in [-0.39, 0.29) is 11.2 Å². The molecule has 4 nitrogen and oxygen atoms in total. The van der Waals surface area contributed by atoms with Crippen LogP contribution in [-0.2, 0) is 5.54 Å². The number of carbonyl (C=O) groups is 1. The molecule has 0 aromatic carbocycles. The van der Waals surface area contributed by atoms with Crippen LogP contribution in [0.2, 0.25) is 0 Å². The minimum Gasteiger partial charge on any atom is -0.477 e. The smallest absolute Gasteiger partial charge is 0.354 e. The van der Waals surface area contributed by atoms with Gasteiger partial charge in [0.25, 0.3) is 0 Å². The fourth-order valence-corrected chi connectivity index (χ4v) is 1.22. The largest absolute Gasteiger partial charge is 0.477 e. The molecule has 0 spiro atoms. The summed E-state index contributed by atoms with van der Waals surface area (Å²) in [5.74, 6) is -1.01. The Labute approximate surface area is 75.4 Å². The summed E-state index contributed by atoms with van der Waals surface area (Å²) < 4.78 is 0. The second kappa shape index (κ2) is 2.53. The molecule has 1 fully saturated rings. The topological polar surface area (TPSA) is 76.2 Å². The Morgan fingerprint density at radius 3 is 2.77 bits per heavy atom. The van der Waals surface area contributed by atoms with Crippen molar-refractivity contribution in [2.24, 2.45) is 5.73 Å². The minimum atomic E-state index is -1.01. The van der Waals surface area contributed by atoms with E-state index in [1.54, 1.807) is 12.1 Å². The third kappa shape index (κ3) is 1.40. The van der Waals surface area contributed by atoms with Crippen molar-refractivity contribution in [1.29, 1.82) is 0 Å². The van der Waals surface area contributed by atoms with E-state index in [1.807, 2.05) is 0 Å². The van der Waals surface area contributed by atoms with Crippen LogP contribution in [0.4, 0.5) is 0 Å². The van der Waals surface area contributed by atoms with Crippen LogP contribution in [0.1, 0.15) is 29.0 Å². The Balaban J connectivity index is 2.38. The highest BCUT2D eigenvalue weighted by molar-refractivity contribution is 5.85. The van der Waals surface area contributed by atoms with Gasteiger partial charge >= 0.3 is 5.97 Å². The maximum atomic E-state index is 10.6. The van der Waals surface area contributed by atoms with E-state index in [1.165, 1.54) is 6.07 Å². The average molecular weight is 178 g/mol. The molecule has 1 saturated carbocycles.